The summed E-state index contributed by atoms with van der Waals surface area (Å²) in [5.41, 5.74) is 0.166. The van der Waals surface area contributed by atoms with Crippen molar-refractivity contribution < 1.29 is 15.0 Å². The minimum atomic E-state index is -0.821. The van der Waals surface area contributed by atoms with Gasteiger partial charge in [0.15, 0.2) is 0 Å². The minimum Gasteiger partial charge on any atom is -0.465 e. The van der Waals surface area contributed by atoms with Gasteiger partial charge in [0.1, 0.15) is 0 Å². The number of amides is 1. The number of rotatable bonds is 1. The Hall–Kier alpha value is -0.810. The summed E-state index contributed by atoms with van der Waals surface area (Å²) in [4.78, 5) is 12.3. The lowest BCUT2D eigenvalue weighted by Gasteiger charge is -2.38. The fraction of sp³-hybridized carbons (Fsp3) is 0.909. The summed E-state index contributed by atoms with van der Waals surface area (Å²) in [6.45, 7) is 1.22. The number of piperidine rings is 1. The number of carboxylic acid groups (broad SMARTS) is 1. The largest absolute Gasteiger partial charge is 0.465 e. The lowest BCUT2D eigenvalue weighted by atomic mass is 9.77. The number of likely N-dealkylation sites (N-methyl/N-ethyl adjacent to an activating group) is 1. The van der Waals surface area contributed by atoms with Crippen molar-refractivity contribution in [2.75, 3.05) is 20.1 Å². The average molecular weight is 228 g/mol. The maximum absolute atomic E-state index is 10.8. The molecule has 2 fully saturated rings. The van der Waals surface area contributed by atoms with E-state index in [0.29, 0.717) is 13.1 Å². The van der Waals surface area contributed by atoms with Crippen LogP contribution in [0.1, 0.15) is 25.7 Å². The van der Waals surface area contributed by atoms with E-state index >= 15 is 0 Å². The fourth-order valence-electron chi connectivity index (χ4n) is 3.15. The highest BCUT2D eigenvalue weighted by Gasteiger charge is 2.45. The van der Waals surface area contributed by atoms with E-state index in [1.54, 1.807) is 0 Å². The van der Waals surface area contributed by atoms with E-state index in [4.69, 9.17) is 5.11 Å². The number of nitrogens with zero attached hydrogens (tertiary/aromatic N) is 1. The number of carbonyl (C=O) groups is 1. The number of aliphatic hydroxyl groups excluding tert-OH is 1. The van der Waals surface area contributed by atoms with Crippen LogP contribution in [0, 0.1) is 5.41 Å². The van der Waals surface area contributed by atoms with Gasteiger partial charge >= 0.3 is 6.09 Å². The summed E-state index contributed by atoms with van der Waals surface area (Å²) in [7, 11) is 1.87. The first-order valence-corrected chi connectivity index (χ1v) is 5.89. The van der Waals surface area contributed by atoms with Crippen LogP contribution in [-0.2, 0) is 0 Å². The number of likely N-dealkylation sites (tertiary alicyclic amines) is 1. The van der Waals surface area contributed by atoms with Crippen molar-refractivity contribution in [1.82, 2.24) is 10.2 Å². The van der Waals surface area contributed by atoms with Gasteiger partial charge in [0.25, 0.3) is 0 Å². The van der Waals surface area contributed by atoms with Gasteiger partial charge in [-0.3, -0.25) is 0 Å². The van der Waals surface area contributed by atoms with Gasteiger partial charge in [-0.1, -0.05) is 0 Å². The number of hydrogen-bond acceptors (Lipinski definition) is 3. The molecule has 16 heavy (non-hydrogen) atoms. The second-order valence-electron chi connectivity index (χ2n) is 5.14. The molecule has 1 heterocycles. The quantitative estimate of drug-likeness (QED) is 0.610. The Bertz CT molecular complexity index is 274. The molecule has 92 valence electrons. The molecular weight excluding hydrogens is 208 g/mol. The Labute approximate surface area is 95.4 Å². The lowest BCUT2D eigenvalue weighted by molar-refractivity contribution is 0.0806. The molecule has 2 unspecified atom stereocenters. The van der Waals surface area contributed by atoms with Gasteiger partial charge in [-0.05, 0) is 38.1 Å². The van der Waals surface area contributed by atoms with Crippen molar-refractivity contribution in [3.8, 4) is 0 Å². The molecule has 1 aliphatic carbocycles. The zero-order chi connectivity index (χ0) is 11.8. The first kappa shape index (κ1) is 11.7. The molecule has 0 aromatic rings. The maximum Gasteiger partial charge on any atom is 0.407 e. The number of aliphatic hydroxyl groups is 1. The summed E-state index contributed by atoms with van der Waals surface area (Å²) in [6.07, 6.45) is 2.45. The van der Waals surface area contributed by atoms with E-state index in [0.717, 1.165) is 25.7 Å². The van der Waals surface area contributed by atoms with Crippen LogP contribution in [0.4, 0.5) is 4.79 Å². The SMILES string of the molecule is CNC1CC2(CCN(C(=O)O)CC2)CC1O. The molecule has 0 aromatic carbocycles. The summed E-state index contributed by atoms with van der Waals surface area (Å²) in [5.74, 6) is 0. The zero-order valence-electron chi connectivity index (χ0n) is 9.65. The van der Waals surface area contributed by atoms with Gasteiger partial charge in [-0.15, -0.1) is 0 Å². The molecule has 0 radical (unpaired) electrons. The van der Waals surface area contributed by atoms with Crippen molar-refractivity contribution in [2.24, 2.45) is 5.41 Å². The molecule has 5 heteroatoms. The van der Waals surface area contributed by atoms with Gasteiger partial charge in [-0.25, -0.2) is 4.79 Å². The predicted octanol–water partition coefficient (Wildman–Crippen LogP) is 0.489. The molecule has 2 atom stereocenters. The van der Waals surface area contributed by atoms with E-state index in [2.05, 4.69) is 5.32 Å². The van der Waals surface area contributed by atoms with Crippen LogP contribution in [0.25, 0.3) is 0 Å². The number of hydrogen-bond donors (Lipinski definition) is 3. The van der Waals surface area contributed by atoms with E-state index < -0.39 is 6.09 Å². The molecule has 2 rings (SSSR count). The molecule has 3 N–H and O–H groups in total. The first-order chi connectivity index (χ1) is 7.56. The Morgan fingerprint density at radius 3 is 2.44 bits per heavy atom. The van der Waals surface area contributed by atoms with Crippen molar-refractivity contribution in [3.63, 3.8) is 0 Å². The molecule has 1 saturated heterocycles. The smallest absolute Gasteiger partial charge is 0.407 e. The Kier molecular flexibility index (Phi) is 3.08. The Morgan fingerprint density at radius 1 is 1.38 bits per heavy atom. The molecule has 2 aliphatic rings. The van der Waals surface area contributed by atoms with E-state index in [-0.39, 0.29) is 17.6 Å². The van der Waals surface area contributed by atoms with Crippen LogP contribution in [0.2, 0.25) is 0 Å². The summed E-state index contributed by atoms with van der Waals surface area (Å²) in [5, 5.41) is 21.9. The zero-order valence-corrected chi connectivity index (χ0v) is 9.65. The summed E-state index contributed by atoms with van der Waals surface area (Å²) in [6, 6.07) is 0.177. The third kappa shape index (κ3) is 2.01. The molecule has 1 amide bonds. The van der Waals surface area contributed by atoms with Crippen molar-refractivity contribution in [2.45, 2.75) is 37.8 Å². The monoisotopic (exact) mass is 228 g/mol. The van der Waals surface area contributed by atoms with Crippen molar-refractivity contribution in [1.29, 1.82) is 0 Å². The topological polar surface area (TPSA) is 72.8 Å². The van der Waals surface area contributed by atoms with Gasteiger partial charge < -0.3 is 20.4 Å². The van der Waals surface area contributed by atoms with Crippen LogP contribution in [0.15, 0.2) is 0 Å². The molecule has 1 saturated carbocycles. The molecule has 5 nitrogen and oxygen atoms in total. The molecule has 1 aliphatic heterocycles. The predicted molar refractivity (Wildman–Crippen MR) is 59.4 cm³/mol. The maximum atomic E-state index is 10.8. The second kappa shape index (κ2) is 4.22. The van der Waals surface area contributed by atoms with Gasteiger partial charge in [0.05, 0.1) is 6.10 Å². The van der Waals surface area contributed by atoms with E-state index in [1.807, 2.05) is 7.05 Å². The second-order valence-corrected chi connectivity index (χ2v) is 5.14. The van der Waals surface area contributed by atoms with Crippen molar-refractivity contribution in [3.05, 3.63) is 0 Å². The third-order valence-electron chi connectivity index (χ3n) is 4.22. The van der Waals surface area contributed by atoms with E-state index in [1.165, 1.54) is 4.90 Å². The van der Waals surface area contributed by atoms with Gasteiger partial charge in [-0.2, -0.15) is 0 Å². The van der Waals surface area contributed by atoms with Gasteiger partial charge in [0.2, 0.25) is 0 Å². The van der Waals surface area contributed by atoms with Crippen LogP contribution in [-0.4, -0.2) is 53.5 Å². The third-order valence-corrected chi connectivity index (χ3v) is 4.22. The van der Waals surface area contributed by atoms with Crippen LogP contribution in [0.3, 0.4) is 0 Å². The summed E-state index contributed by atoms with van der Waals surface area (Å²) < 4.78 is 0. The highest BCUT2D eigenvalue weighted by molar-refractivity contribution is 5.65. The molecule has 0 aromatic heterocycles. The Balaban J connectivity index is 1.95. The lowest BCUT2D eigenvalue weighted by Crippen LogP contribution is -2.42. The average Bonchev–Trinajstić information content (AvgIpc) is 2.55. The highest BCUT2D eigenvalue weighted by Crippen LogP contribution is 2.46. The summed E-state index contributed by atoms with van der Waals surface area (Å²) >= 11 is 0. The van der Waals surface area contributed by atoms with Crippen LogP contribution >= 0.6 is 0 Å². The normalized spacial score (nSPS) is 33.2. The Morgan fingerprint density at radius 2 is 2.00 bits per heavy atom. The highest BCUT2D eigenvalue weighted by atomic mass is 16.4. The first-order valence-electron chi connectivity index (χ1n) is 5.89. The van der Waals surface area contributed by atoms with Gasteiger partial charge in [0, 0.05) is 19.1 Å². The van der Waals surface area contributed by atoms with Crippen LogP contribution in [0.5, 0.6) is 0 Å². The van der Waals surface area contributed by atoms with Crippen molar-refractivity contribution >= 4 is 6.09 Å². The standard InChI is InChI=1S/C11H20N2O3/c1-12-8-6-11(7-9(8)14)2-4-13(5-3-11)10(15)16/h8-9,12,14H,2-7H2,1H3,(H,15,16). The minimum absolute atomic E-state index is 0.166. The van der Waals surface area contributed by atoms with Crippen LogP contribution < -0.4 is 5.32 Å². The number of nitrogens with one attached hydrogen (secondary N) is 1. The fourth-order valence-corrected chi connectivity index (χ4v) is 3.15. The molecule has 0 bridgehead atoms. The molecular formula is C11H20N2O3. The van der Waals surface area contributed by atoms with E-state index in [9.17, 15) is 9.90 Å². The molecule has 1 spiro atoms.